The number of hydrogen-bond donors (Lipinski definition) is 1. The number of likely N-dealkylation sites (tertiary alicyclic amines) is 1. The SMILES string of the molecule is CCCC(N)C(CC)N1CCC(C)C(C)C1. The molecule has 2 N–H and O–H groups in total. The van der Waals surface area contributed by atoms with Crippen LogP contribution in [0.2, 0.25) is 0 Å². The summed E-state index contributed by atoms with van der Waals surface area (Å²) in [6, 6.07) is 0.977. The van der Waals surface area contributed by atoms with Crippen molar-refractivity contribution in [2.75, 3.05) is 13.1 Å². The number of nitrogens with two attached hydrogens (primary N) is 1. The van der Waals surface area contributed by atoms with Crippen molar-refractivity contribution in [2.24, 2.45) is 17.6 Å². The molecular weight excluding hydrogens is 196 g/mol. The highest BCUT2D eigenvalue weighted by Gasteiger charge is 2.29. The standard InChI is InChI=1S/C14H30N2/c1-5-7-13(15)14(6-2)16-9-8-11(3)12(4)10-16/h11-14H,5-10,15H2,1-4H3. The second-order valence-corrected chi connectivity index (χ2v) is 5.67. The van der Waals surface area contributed by atoms with Gasteiger partial charge in [-0.1, -0.05) is 34.1 Å². The van der Waals surface area contributed by atoms with E-state index in [2.05, 4.69) is 32.6 Å². The molecule has 0 bridgehead atoms. The number of rotatable bonds is 5. The van der Waals surface area contributed by atoms with E-state index in [1.165, 1.54) is 38.8 Å². The summed E-state index contributed by atoms with van der Waals surface area (Å²) in [4.78, 5) is 2.64. The molecule has 0 aliphatic carbocycles. The van der Waals surface area contributed by atoms with Crippen LogP contribution in [0.3, 0.4) is 0 Å². The summed E-state index contributed by atoms with van der Waals surface area (Å²) in [5.41, 5.74) is 6.31. The molecule has 4 atom stereocenters. The van der Waals surface area contributed by atoms with Crippen molar-refractivity contribution in [2.45, 2.75) is 65.5 Å². The van der Waals surface area contributed by atoms with Crippen LogP contribution in [0, 0.1) is 11.8 Å². The Labute approximate surface area is 102 Å². The molecule has 1 fully saturated rings. The molecule has 0 aromatic heterocycles. The van der Waals surface area contributed by atoms with Gasteiger partial charge < -0.3 is 5.73 Å². The lowest BCUT2D eigenvalue weighted by molar-refractivity contribution is 0.0789. The molecule has 2 nitrogen and oxygen atoms in total. The Morgan fingerprint density at radius 2 is 1.94 bits per heavy atom. The number of piperidine rings is 1. The zero-order valence-corrected chi connectivity index (χ0v) is 11.6. The molecule has 2 heteroatoms. The zero-order valence-electron chi connectivity index (χ0n) is 11.6. The monoisotopic (exact) mass is 226 g/mol. The van der Waals surface area contributed by atoms with Gasteiger partial charge in [0.1, 0.15) is 0 Å². The number of hydrogen-bond acceptors (Lipinski definition) is 2. The van der Waals surface area contributed by atoms with Crippen LogP contribution < -0.4 is 5.73 Å². The molecule has 0 radical (unpaired) electrons. The molecular formula is C14H30N2. The van der Waals surface area contributed by atoms with Crippen LogP contribution >= 0.6 is 0 Å². The van der Waals surface area contributed by atoms with Crippen LogP contribution in [-0.4, -0.2) is 30.1 Å². The number of nitrogens with zero attached hydrogens (tertiary/aromatic N) is 1. The Bertz CT molecular complexity index is 193. The van der Waals surface area contributed by atoms with E-state index >= 15 is 0 Å². The Morgan fingerprint density at radius 3 is 2.44 bits per heavy atom. The molecule has 16 heavy (non-hydrogen) atoms. The molecule has 0 saturated carbocycles. The zero-order chi connectivity index (χ0) is 12.1. The molecule has 0 aromatic carbocycles. The molecule has 1 heterocycles. The first-order chi connectivity index (χ1) is 7.60. The van der Waals surface area contributed by atoms with Gasteiger partial charge in [-0.25, -0.2) is 0 Å². The minimum atomic E-state index is 0.371. The second-order valence-electron chi connectivity index (χ2n) is 5.67. The van der Waals surface area contributed by atoms with Crippen molar-refractivity contribution in [1.29, 1.82) is 0 Å². The lowest BCUT2D eigenvalue weighted by Crippen LogP contribution is -2.52. The minimum Gasteiger partial charge on any atom is -0.326 e. The molecule has 4 unspecified atom stereocenters. The van der Waals surface area contributed by atoms with Crippen molar-refractivity contribution in [3.05, 3.63) is 0 Å². The van der Waals surface area contributed by atoms with Crippen molar-refractivity contribution < 1.29 is 0 Å². The van der Waals surface area contributed by atoms with E-state index in [0.717, 1.165) is 11.8 Å². The molecule has 0 aromatic rings. The largest absolute Gasteiger partial charge is 0.326 e. The van der Waals surface area contributed by atoms with E-state index in [4.69, 9.17) is 5.73 Å². The van der Waals surface area contributed by atoms with Gasteiger partial charge in [0.2, 0.25) is 0 Å². The highest BCUT2D eigenvalue weighted by atomic mass is 15.2. The third kappa shape index (κ3) is 3.46. The average molecular weight is 226 g/mol. The summed E-state index contributed by atoms with van der Waals surface area (Å²) in [6.07, 6.45) is 4.91. The molecule has 96 valence electrons. The van der Waals surface area contributed by atoms with E-state index < -0.39 is 0 Å². The summed E-state index contributed by atoms with van der Waals surface area (Å²) in [5.74, 6) is 1.72. The summed E-state index contributed by atoms with van der Waals surface area (Å²) in [6.45, 7) is 11.8. The van der Waals surface area contributed by atoms with Crippen LogP contribution in [0.5, 0.6) is 0 Å². The van der Waals surface area contributed by atoms with Gasteiger partial charge in [-0.2, -0.15) is 0 Å². The molecule has 1 aliphatic heterocycles. The van der Waals surface area contributed by atoms with Crippen LogP contribution in [0.1, 0.15) is 53.4 Å². The molecule has 0 amide bonds. The van der Waals surface area contributed by atoms with Gasteiger partial charge in [-0.3, -0.25) is 4.90 Å². The maximum atomic E-state index is 6.31. The van der Waals surface area contributed by atoms with Crippen LogP contribution in [0.15, 0.2) is 0 Å². The highest BCUT2D eigenvalue weighted by molar-refractivity contribution is 4.85. The van der Waals surface area contributed by atoms with E-state index in [0.29, 0.717) is 12.1 Å². The Balaban J connectivity index is 2.53. The van der Waals surface area contributed by atoms with Gasteiger partial charge in [0.05, 0.1) is 0 Å². The van der Waals surface area contributed by atoms with Crippen molar-refractivity contribution >= 4 is 0 Å². The fourth-order valence-corrected chi connectivity index (χ4v) is 2.95. The van der Waals surface area contributed by atoms with Crippen molar-refractivity contribution in [3.8, 4) is 0 Å². The third-order valence-corrected chi connectivity index (χ3v) is 4.37. The Kier molecular flexibility index (Phi) is 5.77. The van der Waals surface area contributed by atoms with E-state index in [9.17, 15) is 0 Å². The van der Waals surface area contributed by atoms with Crippen molar-refractivity contribution in [3.63, 3.8) is 0 Å². The average Bonchev–Trinajstić information content (AvgIpc) is 2.25. The predicted molar refractivity (Wildman–Crippen MR) is 71.5 cm³/mol. The summed E-state index contributed by atoms with van der Waals surface area (Å²) >= 11 is 0. The van der Waals surface area contributed by atoms with Crippen LogP contribution in [0.4, 0.5) is 0 Å². The Morgan fingerprint density at radius 1 is 1.25 bits per heavy atom. The minimum absolute atomic E-state index is 0.371. The molecule has 1 rings (SSSR count). The maximum Gasteiger partial charge on any atom is 0.0244 e. The van der Waals surface area contributed by atoms with Gasteiger partial charge in [0.25, 0.3) is 0 Å². The predicted octanol–water partition coefficient (Wildman–Crippen LogP) is 2.87. The quantitative estimate of drug-likeness (QED) is 0.781. The first kappa shape index (κ1) is 14.0. The van der Waals surface area contributed by atoms with Crippen LogP contribution in [-0.2, 0) is 0 Å². The summed E-state index contributed by atoms with van der Waals surface area (Å²) < 4.78 is 0. The molecule has 1 saturated heterocycles. The van der Waals surface area contributed by atoms with Gasteiger partial charge in [0.15, 0.2) is 0 Å². The summed E-state index contributed by atoms with van der Waals surface area (Å²) in [5, 5.41) is 0. The summed E-state index contributed by atoms with van der Waals surface area (Å²) in [7, 11) is 0. The third-order valence-electron chi connectivity index (χ3n) is 4.37. The highest BCUT2D eigenvalue weighted by Crippen LogP contribution is 2.25. The van der Waals surface area contributed by atoms with Gasteiger partial charge in [-0.15, -0.1) is 0 Å². The van der Waals surface area contributed by atoms with E-state index in [-0.39, 0.29) is 0 Å². The van der Waals surface area contributed by atoms with E-state index in [1.54, 1.807) is 0 Å². The fraction of sp³-hybridized carbons (Fsp3) is 1.00. The van der Waals surface area contributed by atoms with Crippen molar-refractivity contribution in [1.82, 2.24) is 4.90 Å². The normalized spacial score (nSPS) is 31.3. The van der Waals surface area contributed by atoms with Gasteiger partial charge >= 0.3 is 0 Å². The van der Waals surface area contributed by atoms with Crippen LogP contribution in [0.25, 0.3) is 0 Å². The van der Waals surface area contributed by atoms with Gasteiger partial charge in [0, 0.05) is 18.6 Å². The lowest BCUT2D eigenvalue weighted by atomic mass is 9.86. The Hall–Kier alpha value is -0.0800. The van der Waals surface area contributed by atoms with E-state index in [1.807, 2.05) is 0 Å². The molecule has 0 spiro atoms. The smallest absolute Gasteiger partial charge is 0.0244 e. The first-order valence-corrected chi connectivity index (χ1v) is 7.09. The lowest BCUT2D eigenvalue weighted by Gasteiger charge is -2.42. The topological polar surface area (TPSA) is 29.3 Å². The first-order valence-electron chi connectivity index (χ1n) is 7.09. The second kappa shape index (κ2) is 6.61. The molecule has 1 aliphatic rings. The fourth-order valence-electron chi connectivity index (χ4n) is 2.95. The maximum absolute atomic E-state index is 6.31. The van der Waals surface area contributed by atoms with Gasteiger partial charge in [-0.05, 0) is 37.6 Å².